The molecule has 0 aliphatic carbocycles. The average Bonchev–Trinajstić information content (AvgIpc) is 2.42. The average molecular weight is 353 g/mol. The number of hydrogen-bond acceptors (Lipinski definition) is 3. The minimum Gasteiger partial charge on any atom is -0.545 e. The largest absolute Gasteiger partial charge is 1.00 e. The van der Waals surface area contributed by atoms with Gasteiger partial charge in [-0.15, -0.1) is 5.92 Å². The van der Waals surface area contributed by atoms with Gasteiger partial charge in [-0.1, -0.05) is 17.5 Å². The molecule has 0 N–H and O–H groups in total. The second-order valence-electron chi connectivity index (χ2n) is 4.51. The van der Waals surface area contributed by atoms with Crippen LogP contribution in [0.3, 0.4) is 0 Å². The van der Waals surface area contributed by atoms with Crippen LogP contribution >= 0.6 is 11.6 Å². The van der Waals surface area contributed by atoms with Gasteiger partial charge in [0.15, 0.2) is 0 Å². The Morgan fingerprint density at radius 1 is 1.43 bits per heavy atom. The van der Waals surface area contributed by atoms with Gasteiger partial charge in [0.2, 0.25) is 6.10 Å². The van der Waals surface area contributed by atoms with Gasteiger partial charge in [0, 0.05) is 28.1 Å². The Balaban J connectivity index is 0.00000264. The van der Waals surface area contributed by atoms with Gasteiger partial charge in [0.25, 0.3) is 0 Å². The number of carbonyl (C=O) groups is 1. The Morgan fingerprint density at radius 3 is 2.61 bits per heavy atom. The number of carboxylic acid groups (broad SMARTS) is 1. The second-order valence-corrected chi connectivity index (χ2v) is 4.95. The maximum atomic E-state index is 13.0. The van der Waals surface area contributed by atoms with Crippen LogP contribution in [0.25, 0.3) is 6.08 Å². The Hall–Kier alpha value is -1.13. The molecule has 0 bridgehead atoms. The fourth-order valence-corrected chi connectivity index (χ4v) is 2.32. The molecule has 1 heterocycles. The number of rotatable bonds is 2. The number of aliphatic carboxylic acids is 1. The van der Waals surface area contributed by atoms with Gasteiger partial charge in [-0.05, 0) is 25.1 Å². The van der Waals surface area contributed by atoms with E-state index in [-0.39, 0.29) is 52.3 Å². The van der Waals surface area contributed by atoms with Crippen molar-refractivity contribution in [1.29, 1.82) is 0 Å². The number of carbonyl (C=O) groups excluding carboxylic acids is 1. The van der Waals surface area contributed by atoms with Crippen molar-refractivity contribution in [2.45, 2.75) is 25.6 Å². The molecule has 2 rings (SSSR count). The number of benzene rings is 1. The molecule has 116 valence electrons. The van der Waals surface area contributed by atoms with Crippen LogP contribution in [0.15, 0.2) is 17.7 Å². The first-order chi connectivity index (χ1) is 10.2. The van der Waals surface area contributed by atoms with Crippen LogP contribution in [0.4, 0.5) is 13.2 Å². The molecule has 1 aliphatic heterocycles. The van der Waals surface area contributed by atoms with Crippen molar-refractivity contribution in [3.63, 3.8) is 0 Å². The molecule has 23 heavy (non-hydrogen) atoms. The molecular weight excluding hydrogens is 344 g/mol. The normalized spacial score (nSPS) is 16.0. The van der Waals surface area contributed by atoms with Crippen LogP contribution in [0.5, 0.6) is 5.75 Å². The van der Waals surface area contributed by atoms with Crippen LogP contribution in [-0.2, 0) is 11.2 Å². The van der Waals surface area contributed by atoms with Gasteiger partial charge in [0.05, 0.1) is 5.97 Å². The number of halogens is 4. The fourth-order valence-electron chi connectivity index (χ4n) is 2.07. The molecule has 0 saturated carbocycles. The smallest absolute Gasteiger partial charge is 0.545 e. The Kier molecular flexibility index (Phi) is 6.60. The van der Waals surface area contributed by atoms with Crippen LogP contribution in [0.2, 0.25) is 5.02 Å². The molecule has 0 fully saturated rings. The summed E-state index contributed by atoms with van der Waals surface area (Å²) < 4.78 is 43.9. The van der Waals surface area contributed by atoms with Gasteiger partial charge in [-0.2, -0.15) is 13.2 Å². The van der Waals surface area contributed by atoms with Gasteiger partial charge in [0.1, 0.15) is 5.75 Å². The summed E-state index contributed by atoms with van der Waals surface area (Å²) in [5, 5.41) is 11.2. The molecule has 0 aromatic heterocycles. The van der Waals surface area contributed by atoms with E-state index in [1.165, 1.54) is 12.1 Å². The topological polar surface area (TPSA) is 49.4 Å². The van der Waals surface area contributed by atoms with Gasteiger partial charge in [-0.3, -0.25) is 0 Å². The Labute approximate surface area is 157 Å². The number of carboxylic acids is 1. The van der Waals surface area contributed by atoms with Gasteiger partial charge < -0.3 is 14.6 Å². The third-order valence-electron chi connectivity index (χ3n) is 2.98. The SMILES string of the molecule is CC#CCc1cc(Cl)cc2c1OC(C(F)(F)F)C(C(=O)[O-])=C2.[Na+]. The van der Waals surface area contributed by atoms with Crippen molar-refractivity contribution in [2.24, 2.45) is 0 Å². The summed E-state index contributed by atoms with van der Waals surface area (Å²) in [5.74, 6) is 3.32. The summed E-state index contributed by atoms with van der Waals surface area (Å²) >= 11 is 5.90. The first-order valence-corrected chi connectivity index (χ1v) is 6.50. The number of alkyl halides is 3. The molecular formula is C15H9ClF3NaO3. The minimum atomic E-state index is -4.88. The zero-order chi connectivity index (χ0) is 16.5. The van der Waals surface area contributed by atoms with Crippen LogP contribution in [0.1, 0.15) is 18.1 Å². The van der Waals surface area contributed by atoms with E-state index in [9.17, 15) is 23.1 Å². The van der Waals surface area contributed by atoms with Gasteiger partial charge >= 0.3 is 35.7 Å². The maximum Gasteiger partial charge on any atom is 1.00 e. The molecule has 1 atom stereocenters. The van der Waals surface area contributed by atoms with E-state index in [1.54, 1.807) is 6.92 Å². The Bertz CT molecular complexity index is 717. The monoisotopic (exact) mass is 352 g/mol. The van der Waals surface area contributed by atoms with Crippen molar-refractivity contribution >= 4 is 23.6 Å². The van der Waals surface area contributed by atoms with Crippen molar-refractivity contribution < 1.29 is 57.4 Å². The zero-order valence-electron chi connectivity index (χ0n) is 12.3. The van der Waals surface area contributed by atoms with E-state index in [0.29, 0.717) is 5.56 Å². The van der Waals surface area contributed by atoms with E-state index < -0.39 is 23.8 Å². The predicted octanol–water partition coefficient (Wildman–Crippen LogP) is -0.634. The standard InChI is InChI=1S/C15H10ClF3O3.Na/c1-2-3-4-8-5-10(16)6-9-7-11(14(20)21)13(15(17,18)19)22-12(8)9;/h5-7,13H,4H2,1H3,(H,20,21);/q;+1/p-1. The summed E-state index contributed by atoms with van der Waals surface area (Å²) in [6.07, 6.45) is -6.45. The molecule has 3 nitrogen and oxygen atoms in total. The third kappa shape index (κ3) is 4.45. The van der Waals surface area contributed by atoms with E-state index in [4.69, 9.17) is 16.3 Å². The molecule has 0 radical (unpaired) electrons. The molecule has 1 unspecified atom stereocenters. The van der Waals surface area contributed by atoms with Crippen molar-refractivity contribution in [1.82, 2.24) is 0 Å². The third-order valence-corrected chi connectivity index (χ3v) is 3.20. The molecule has 1 aromatic carbocycles. The molecule has 8 heteroatoms. The molecule has 1 aliphatic rings. The number of fused-ring (bicyclic) bond motifs is 1. The number of hydrogen-bond donors (Lipinski definition) is 0. The summed E-state index contributed by atoms with van der Waals surface area (Å²) in [6, 6.07) is 2.77. The van der Waals surface area contributed by atoms with Crippen LogP contribution in [0, 0.1) is 11.8 Å². The molecule has 1 aromatic rings. The Morgan fingerprint density at radius 2 is 2.09 bits per heavy atom. The summed E-state index contributed by atoms with van der Waals surface area (Å²) in [5.41, 5.74) is -0.477. The van der Waals surface area contributed by atoms with E-state index in [0.717, 1.165) is 6.08 Å². The van der Waals surface area contributed by atoms with Crippen LogP contribution < -0.4 is 39.4 Å². The summed E-state index contributed by atoms with van der Waals surface area (Å²) in [6.45, 7) is 1.59. The first kappa shape index (κ1) is 19.9. The summed E-state index contributed by atoms with van der Waals surface area (Å²) in [7, 11) is 0. The quantitative estimate of drug-likeness (QED) is 0.526. The maximum absolute atomic E-state index is 13.0. The van der Waals surface area contributed by atoms with Crippen molar-refractivity contribution in [3.05, 3.63) is 33.9 Å². The van der Waals surface area contributed by atoms with E-state index in [1.807, 2.05) is 0 Å². The summed E-state index contributed by atoms with van der Waals surface area (Å²) in [4.78, 5) is 10.9. The van der Waals surface area contributed by atoms with Crippen molar-refractivity contribution in [2.75, 3.05) is 0 Å². The zero-order valence-corrected chi connectivity index (χ0v) is 15.0. The van der Waals surface area contributed by atoms with Crippen molar-refractivity contribution in [3.8, 4) is 17.6 Å². The second kappa shape index (κ2) is 7.63. The van der Waals surface area contributed by atoms with Gasteiger partial charge in [-0.25, -0.2) is 0 Å². The molecule has 0 spiro atoms. The molecule has 0 amide bonds. The van der Waals surface area contributed by atoms with Crippen LogP contribution in [-0.4, -0.2) is 18.2 Å². The first-order valence-electron chi connectivity index (χ1n) is 6.12. The number of ether oxygens (including phenoxy) is 1. The molecule has 0 saturated heterocycles. The fraction of sp³-hybridized carbons (Fsp3) is 0.267. The van der Waals surface area contributed by atoms with E-state index >= 15 is 0 Å². The minimum absolute atomic E-state index is 0. The van der Waals surface area contributed by atoms with E-state index in [2.05, 4.69) is 11.8 Å². The predicted molar refractivity (Wildman–Crippen MR) is 72.1 cm³/mol.